The minimum absolute atomic E-state index is 0.0560. The Bertz CT molecular complexity index is 843. The zero-order chi connectivity index (χ0) is 20.1. The molecule has 2 amide bonds. The number of carbonyl (C=O) groups excluding carboxylic acids is 2. The minimum Gasteiger partial charge on any atom is -0.365 e. The lowest BCUT2D eigenvalue weighted by molar-refractivity contribution is -0.116. The summed E-state index contributed by atoms with van der Waals surface area (Å²) in [4.78, 5) is 30.7. The normalized spacial score (nSPS) is 14.7. The maximum atomic E-state index is 12.1. The summed E-state index contributed by atoms with van der Waals surface area (Å²) in [6, 6.07) is 11.4. The number of hydrogen-bond acceptors (Lipinski definition) is 4. The number of nitrogens with two attached hydrogens (primary N) is 1. The van der Waals surface area contributed by atoms with Gasteiger partial charge in [-0.05, 0) is 62.8 Å². The number of rotatable bonds is 6. The first kappa shape index (κ1) is 19.9. The van der Waals surface area contributed by atoms with E-state index in [9.17, 15) is 9.59 Å². The number of aromatic nitrogens is 1. The van der Waals surface area contributed by atoms with Gasteiger partial charge in [-0.3, -0.25) is 9.59 Å². The second-order valence-corrected chi connectivity index (χ2v) is 7.51. The van der Waals surface area contributed by atoms with Gasteiger partial charge in [-0.2, -0.15) is 0 Å². The van der Waals surface area contributed by atoms with Crippen molar-refractivity contribution in [3.05, 3.63) is 53.2 Å². The van der Waals surface area contributed by atoms with Crippen LogP contribution in [0.2, 0.25) is 0 Å². The predicted octanol–water partition coefficient (Wildman–Crippen LogP) is 3.43. The standard InChI is InChI=1S/C22H28N4O2/c1-15-14-19(21(23)28)22(24-16(15)2)26-12-10-17(11-13-26)8-9-20(27)25-18-6-4-3-5-7-18/h3-7,14,17H,8-13H2,1-2H3,(H2,23,28)(H,25,27). The van der Waals surface area contributed by atoms with Crippen LogP contribution in [0.5, 0.6) is 0 Å². The van der Waals surface area contributed by atoms with Crippen LogP contribution in [0.3, 0.4) is 0 Å². The Morgan fingerprint density at radius 1 is 1.18 bits per heavy atom. The van der Waals surface area contributed by atoms with E-state index in [0.29, 0.717) is 23.7 Å². The maximum Gasteiger partial charge on any atom is 0.252 e. The van der Waals surface area contributed by atoms with E-state index in [1.807, 2.05) is 50.2 Å². The number of pyridine rings is 1. The highest BCUT2D eigenvalue weighted by molar-refractivity contribution is 5.98. The highest BCUT2D eigenvalue weighted by atomic mass is 16.1. The highest BCUT2D eigenvalue weighted by Crippen LogP contribution is 2.28. The molecule has 1 aromatic heterocycles. The number of nitrogens with zero attached hydrogens (tertiary/aromatic N) is 2. The van der Waals surface area contributed by atoms with Gasteiger partial charge in [-0.25, -0.2) is 4.98 Å². The van der Waals surface area contributed by atoms with Crippen LogP contribution in [-0.2, 0) is 4.79 Å². The van der Waals surface area contributed by atoms with Crippen LogP contribution in [0.15, 0.2) is 36.4 Å². The number of hydrogen-bond donors (Lipinski definition) is 2. The molecule has 0 spiro atoms. The number of carbonyl (C=O) groups is 2. The molecule has 1 aliphatic rings. The molecule has 0 bridgehead atoms. The quantitative estimate of drug-likeness (QED) is 0.803. The molecule has 0 radical (unpaired) electrons. The van der Waals surface area contributed by atoms with E-state index in [1.54, 1.807) is 0 Å². The first-order valence-electron chi connectivity index (χ1n) is 9.82. The van der Waals surface area contributed by atoms with Crippen molar-refractivity contribution in [2.75, 3.05) is 23.3 Å². The van der Waals surface area contributed by atoms with Gasteiger partial charge < -0.3 is 16.0 Å². The number of nitrogens with one attached hydrogen (secondary N) is 1. The summed E-state index contributed by atoms with van der Waals surface area (Å²) in [5, 5.41) is 2.94. The van der Waals surface area contributed by atoms with Gasteiger partial charge in [0.25, 0.3) is 5.91 Å². The molecule has 28 heavy (non-hydrogen) atoms. The average molecular weight is 380 g/mol. The smallest absolute Gasteiger partial charge is 0.252 e. The van der Waals surface area contributed by atoms with Crippen LogP contribution in [0.25, 0.3) is 0 Å². The van der Waals surface area contributed by atoms with Crippen molar-refractivity contribution in [2.24, 2.45) is 11.7 Å². The first-order chi connectivity index (χ1) is 13.4. The van der Waals surface area contributed by atoms with E-state index >= 15 is 0 Å². The van der Waals surface area contributed by atoms with Gasteiger partial charge >= 0.3 is 0 Å². The van der Waals surface area contributed by atoms with E-state index in [0.717, 1.165) is 49.3 Å². The fourth-order valence-corrected chi connectivity index (χ4v) is 3.63. The lowest BCUT2D eigenvalue weighted by Gasteiger charge is -2.34. The lowest BCUT2D eigenvalue weighted by Crippen LogP contribution is -2.36. The average Bonchev–Trinajstić information content (AvgIpc) is 2.69. The summed E-state index contributed by atoms with van der Waals surface area (Å²) in [5.74, 6) is 0.808. The molecule has 1 saturated heterocycles. The second-order valence-electron chi connectivity index (χ2n) is 7.51. The largest absolute Gasteiger partial charge is 0.365 e. The molecule has 6 nitrogen and oxygen atoms in total. The second kappa shape index (κ2) is 8.87. The number of primary amides is 1. The van der Waals surface area contributed by atoms with Crippen molar-refractivity contribution in [1.29, 1.82) is 0 Å². The summed E-state index contributed by atoms with van der Waals surface area (Å²) in [7, 11) is 0. The van der Waals surface area contributed by atoms with Crippen molar-refractivity contribution < 1.29 is 9.59 Å². The van der Waals surface area contributed by atoms with Crippen LogP contribution >= 0.6 is 0 Å². The van der Waals surface area contributed by atoms with Gasteiger partial charge in [-0.15, -0.1) is 0 Å². The van der Waals surface area contributed by atoms with Crippen LogP contribution in [0.4, 0.5) is 11.5 Å². The van der Waals surface area contributed by atoms with Crippen molar-refractivity contribution in [3.63, 3.8) is 0 Å². The predicted molar refractivity (Wildman–Crippen MR) is 111 cm³/mol. The van der Waals surface area contributed by atoms with E-state index in [2.05, 4.69) is 15.2 Å². The molecule has 2 heterocycles. The maximum absolute atomic E-state index is 12.1. The molecule has 1 aromatic carbocycles. The Morgan fingerprint density at radius 3 is 2.50 bits per heavy atom. The van der Waals surface area contributed by atoms with Crippen LogP contribution in [0.1, 0.15) is 47.3 Å². The SMILES string of the molecule is Cc1cc(C(N)=O)c(N2CCC(CCC(=O)Nc3ccccc3)CC2)nc1C. The van der Waals surface area contributed by atoms with E-state index < -0.39 is 5.91 Å². The Labute approximate surface area is 166 Å². The number of anilines is 2. The number of benzene rings is 1. The van der Waals surface area contributed by atoms with Gasteiger partial charge in [0, 0.05) is 30.9 Å². The molecular weight excluding hydrogens is 352 g/mol. The fourth-order valence-electron chi connectivity index (χ4n) is 3.63. The third kappa shape index (κ3) is 4.88. The third-order valence-electron chi connectivity index (χ3n) is 5.46. The van der Waals surface area contributed by atoms with E-state index in [4.69, 9.17) is 5.73 Å². The zero-order valence-corrected chi connectivity index (χ0v) is 16.6. The molecule has 3 N–H and O–H groups in total. The molecule has 0 aliphatic carbocycles. The Kier molecular flexibility index (Phi) is 6.29. The first-order valence-corrected chi connectivity index (χ1v) is 9.82. The Hall–Kier alpha value is -2.89. The third-order valence-corrected chi connectivity index (χ3v) is 5.46. The van der Waals surface area contributed by atoms with Gasteiger partial charge in [-0.1, -0.05) is 18.2 Å². The Morgan fingerprint density at radius 2 is 1.86 bits per heavy atom. The monoisotopic (exact) mass is 380 g/mol. The molecule has 0 unspecified atom stereocenters. The number of amides is 2. The molecule has 6 heteroatoms. The van der Waals surface area contributed by atoms with Crippen molar-refractivity contribution in [3.8, 4) is 0 Å². The lowest BCUT2D eigenvalue weighted by atomic mass is 9.91. The number of para-hydroxylation sites is 1. The molecular formula is C22H28N4O2. The van der Waals surface area contributed by atoms with E-state index in [-0.39, 0.29) is 5.91 Å². The summed E-state index contributed by atoms with van der Waals surface area (Å²) in [6.45, 7) is 5.52. The molecule has 148 valence electrons. The summed E-state index contributed by atoms with van der Waals surface area (Å²) in [5.41, 5.74) is 8.77. The topological polar surface area (TPSA) is 88.3 Å². The van der Waals surface area contributed by atoms with Crippen molar-refractivity contribution in [2.45, 2.75) is 39.5 Å². The van der Waals surface area contributed by atoms with Gasteiger partial charge in [0.2, 0.25) is 5.91 Å². The van der Waals surface area contributed by atoms with Crippen molar-refractivity contribution in [1.82, 2.24) is 4.98 Å². The van der Waals surface area contributed by atoms with Gasteiger partial charge in [0.05, 0.1) is 5.56 Å². The van der Waals surface area contributed by atoms with Crippen LogP contribution in [0, 0.1) is 19.8 Å². The highest BCUT2D eigenvalue weighted by Gasteiger charge is 2.24. The number of aryl methyl sites for hydroxylation is 2. The molecule has 1 aliphatic heterocycles. The number of piperidine rings is 1. The summed E-state index contributed by atoms with van der Waals surface area (Å²) < 4.78 is 0. The van der Waals surface area contributed by atoms with Crippen LogP contribution < -0.4 is 16.0 Å². The van der Waals surface area contributed by atoms with Crippen LogP contribution in [-0.4, -0.2) is 29.9 Å². The molecule has 0 saturated carbocycles. The Balaban J connectivity index is 1.53. The summed E-state index contributed by atoms with van der Waals surface area (Å²) in [6.07, 6.45) is 3.35. The van der Waals surface area contributed by atoms with E-state index in [1.165, 1.54) is 0 Å². The molecule has 2 aromatic rings. The fraction of sp³-hybridized carbons (Fsp3) is 0.409. The zero-order valence-electron chi connectivity index (χ0n) is 16.6. The van der Waals surface area contributed by atoms with Crippen molar-refractivity contribution >= 4 is 23.3 Å². The van der Waals surface area contributed by atoms with Gasteiger partial charge in [0.1, 0.15) is 5.82 Å². The summed E-state index contributed by atoms with van der Waals surface area (Å²) >= 11 is 0. The minimum atomic E-state index is -0.440. The molecule has 0 atom stereocenters. The molecule has 1 fully saturated rings. The molecule has 3 rings (SSSR count). The van der Waals surface area contributed by atoms with Gasteiger partial charge in [0.15, 0.2) is 0 Å².